The van der Waals surface area contributed by atoms with Gasteiger partial charge in [-0.2, -0.15) is 26.3 Å². The lowest BCUT2D eigenvalue weighted by atomic mass is 10.0. The summed E-state index contributed by atoms with van der Waals surface area (Å²) in [5, 5.41) is 10.3. The molecule has 0 aliphatic rings. The van der Waals surface area contributed by atoms with E-state index in [2.05, 4.69) is 0 Å². The number of benzene rings is 1. The molecule has 23 heavy (non-hydrogen) atoms. The molecule has 0 atom stereocenters. The highest BCUT2D eigenvalue weighted by Gasteiger charge is 2.78. The molecule has 0 aromatic heterocycles. The van der Waals surface area contributed by atoms with E-state index in [9.17, 15) is 45.0 Å². The number of rotatable bonds is 5. The molecular weight excluding hydrogens is 344 g/mol. The van der Waals surface area contributed by atoms with Crippen molar-refractivity contribution in [1.29, 1.82) is 0 Å². The first kappa shape index (κ1) is 18.8. The lowest BCUT2D eigenvalue weighted by Gasteiger charge is -2.31. The lowest BCUT2D eigenvalue weighted by Crippen LogP contribution is -2.61. The molecule has 4 N–H and O–H groups in total. The Bertz CT molecular complexity index is 606. The molecule has 4 nitrogen and oxygen atoms in total. The Kier molecular flexibility index (Phi) is 4.69. The molecule has 0 fully saturated rings. The van der Waals surface area contributed by atoms with E-state index in [1.54, 1.807) is 0 Å². The zero-order chi connectivity index (χ0) is 18.2. The topological polar surface area (TPSA) is 75.3 Å². The van der Waals surface area contributed by atoms with Crippen molar-refractivity contribution in [3.05, 3.63) is 18.2 Å². The number of halogens is 8. The molecule has 0 aliphatic heterocycles. The fourth-order valence-electron chi connectivity index (χ4n) is 1.34. The maximum Gasteiger partial charge on any atom is 0.393 e. The van der Waals surface area contributed by atoms with Crippen LogP contribution >= 0.6 is 0 Å². The van der Waals surface area contributed by atoms with Crippen molar-refractivity contribution >= 4 is 17.3 Å². The predicted molar refractivity (Wildman–Crippen MR) is 62.0 cm³/mol. The fraction of sp³-hybridized carbons (Fsp3) is 0.364. The normalized spacial score (nSPS) is 13.3. The van der Waals surface area contributed by atoms with Crippen LogP contribution < -0.4 is 11.1 Å². The average molecular weight is 352 g/mol. The second-order valence-corrected chi connectivity index (χ2v) is 4.30. The van der Waals surface area contributed by atoms with Gasteiger partial charge in [-0.1, -0.05) is 0 Å². The van der Waals surface area contributed by atoms with Gasteiger partial charge in [0.2, 0.25) is 0 Å². The van der Waals surface area contributed by atoms with Gasteiger partial charge in [-0.25, -0.2) is 8.78 Å². The Morgan fingerprint density at radius 3 is 2.09 bits per heavy atom. The van der Waals surface area contributed by atoms with Crippen molar-refractivity contribution in [2.75, 3.05) is 11.1 Å². The Morgan fingerprint density at radius 1 is 1.13 bits per heavy atom. The largest absolute Gasteiger partial charge is 0.506 e. The molecule has 0 saturated carbocycles. The summed E-state index contributed by atoms with van der Waals surface area (Å²) in [6.07, 6.45) is -5.14. The Labute approximate surface area is 122 Å². The van der Waals surface area contributed by atoms with Crippen molar-refractivity contribution in [2.45, 2.75) is 24.2 Å². The summed E-state index contributed by atoms with van der Waals surface area (Å²) in [6.45, 7) is 0. The van der Waals surface area contributed by atoms with Crippen LogP contribution in [0, 0.1) is 0 Å². The maximum atomic E-state index is 13.3. The van der Waals surface area contributed by atoms with Crippen LogP contribution in [0.25, 0.3) is 0 Å². The van der Waals surface area contributed by atoms with Crippen LogP contribution in [0.15, 0.2) is 18.2 Å². The molecule has 0 spiro atoms. The van der Waals surface area contributed by atoms with E-state index < -0.39 is 41.5 Å². The maximum absolute atomic E-state index is 13.3. The van der Waals surface area contributed by atoms with E-state index in [4.69, 9.17) is 5.73 Å². The number of hydrogen-bond acceptors (Lipinski definition) is 3. The van der Waals surface area contributed by atoms with Crippen LogP contribution in [-0.2, 0) is 4.79 Å². The molecular formula is C11H8F8N2O2. The van der Waals surface area contributed by atoms with Gasteiger partial charge in [0.1, 0.15) is 5.75 Å². The Hall–Kier alpha value is -2.27. The lowest BCUT2D eigenvalue weighted by molar-refractivity contribution is -0.326. The number of hydrogen-bond donors (Lipinski definition) is 3. The third kappa shape index (κ3) is 3.10. The molecule has 0 saturated heterocycles. The van der Waals surface area contributed by atoms with Crippen molar-refractivity contribution in [2.24, 2.45) is 0 Å². The first-order valence-corrected chi connectivity index (χ1v) is 5.56. The molecule has 0 unspecified atom stereocenters. The zero-order valence-electron chi connectivity index (χ0n) is 10.8. The van der Waals surface area contributed by atoms with Crippen molar-refractivity contribution < 1.29 is 45.0 Å². The number of anilines is 2. The number of carbonyl (C=O) groups is 1. The molecule has 1 amide bonds. The Balaban J connectivity index is 3.14. The second kappa shape index (κ2) is 5.74. The minimum Gasteiger partial charge on any atom is -0.506 e. The van der Waals surface area contributed by atoms with Gasteiger partial charge in [-0.3, -0.25) is 4.79 Å². The molecule has 0 radical (unpaired) electrons. The van der Waals surface area contributed by atoms with Crippen LogP contribution in [-0.4, -0.2) is 35.2 Å². The number of amides is 1. The first-order valence-electron chi connectivity index (χ1n) is 5.56. The van der Waals surface area contributed by atoms with Gasteiger partial charge >= 0.3 is 30.1 Å². The molecule has 1 aromatic rings. The molecule has 0 heterocycles. The van der Waals surface area contributed by atoms with Gasteiger partial charge < -0.3 is 16.2 Å². The van der Waals surface area contributed by atoms with E-state index in [0.717, 1.165) is 17.4 Å². The number of nitrogen functional groups attached to an aromatic ring is 1. The van der Waals surface area contributed by atoms with Crippen LogP contribution in [0.5, 0.6) is 5.75 Å². The Morgan fingerprint density at radius 2 is 1.65 bits per heavy atom. The molecule has 1 aromatic carbocycles. The van der Waals surface area contributed by atoms with Crippen LogP contribution in [0.2, 0.25) is 0 Å². The van der Waals surface area contributed by atoms with Crippen LogP contribution in [0.1, 0.15) is 0 Å². The summed E-state index contributed by atoms with van der Waals surface area (Å²) in [7, 11) is 0. The van der Waals surface area contributed by atoms with Gasteiger partial charge in [0.05, 0.1) is 5.69 Å². The summed E-state index contributed by atoms with van der Waals surface area (Å²) < 4.78 is 102. The zero-order valence-corrected chi connectivity index (χ0v) is 10.8. The number of phenols is 1. The van der Waals surface area contributed by atoms with Crippen molar-refractivity contribution in [3.63, 3.8) is 0 Å². The summed E-state index contributed by atoms with van der Waals surface area (Å²) in [5.41, 5.74) is 4.22. The number of nitrogens with two attached hydrogens (primary N) is 1. The average Bonchev–Trinajstić information content (AvgIpc) is 2.41. The summed E-state index contributed by atoms with van der Waals surface area (Å²) in [5.74, 6) is -23.3. The van der Waals surface area contributed by atoms with Crippen LogP contribution in [0.4, 0.5) is 46.5 Å². The monoisotopic (exact) mass is 352 g/mol. The fourth-order valence-corrected chi connectivity index (χ4v) is 1.34. The van der Waals surface area contributed by atoms with Gasteiger partial charge in [-0.05, 0) is 12.1 Å². The number of carbonyl (C=O) groups excluding carboxylic acids is 1. The minimum absolute atomic E-state index is 0.0955. The quantitative estimate of drug-likeness (QED) is 0.433. The van der Waals surface area contributed by atoms with Crippen molar-refractivity contribution in [1.82, 2.24) is 0 Å². The van der Waals surface area contributed by atoms with Gasteiger partial charge in [0, 0.05) is 11.8 Å². The summed E-state index contributed by atoms with van der Waals surface area (Å²) in [6, 6.07) is 2.40. The van der Waals surface area contributed by atoms with Gasteiger partial charge in [-0.15, -0.1) is 0 Å². The van der Waals surface area contributed by atoms with E-state index in [1.807, 2.05) is 0 Å². The predicted octanol–water partition coefficient (Wildman–Crippen LogP) is 3.08. The number of alkyl halides is 8. The molecule has 0 bridgehead atoms. The third-order valence-electron chi connectivity index (χ3n) is 2.64. The minimum atomic E-state index is -6.68. The first-order chi connectivity index (χ1) is 10.2. The molecule has 12 heteroatoms. The van der Waals surface area contributed by atoms with E-state index in [0.29, 0.717) is 6.07 Å². The standard InChI is InChI=1S/C11H8F8N2O2/c12-7(13)9(14,15)11(18,19)10(16,17)8(23)21-5-2-1-4(20)3-6(5)22/h1-3,7,22H,20H2,(H,21,23). The number of nitrogens with one attached hydrogen (secondary N) is 1. The highest BCUT2D eigenvalue weighted by molar-refractivity contribution is 5.98. The van der Waals surface area contributed by atoms with E-state index >= 15 is 0 Å². The highest BCUT2D eigenvalue weighted by Crippen LogP contribution is 2.49. The van der Waals surface area contributed by atoms with Gasteiger partial charge in [0.15, 0.2) is 0 Å². The molecule has 130 valence electrons. The highest BCUT2D eigenvalue weighted by atomic mass is 19.4. The summed E-state index contributed by atoms with van der Waals surface area (Å²) >= 11 is 0. The molecule has 0 aliphatic carbocycles. The second-order valence-electron chi connectivity index (χ2n) is 4.30. The summed E-state index contributed by atoms with van der Waals surface area (Å²) in [4.78, 5) is 11.1. The smallest absolute Gasteiger partial charge is 0.393 e. The van der Waals surface area contributed by atoms with E-state index in [1.165, 1.54) is 0 Å². The van der Waals surface area contributed by atoms with Crippen molar-refractivity contribution in [3.8, 4) is 5.75 Å². The SMILES string of the molecule is Nc1ccc(NC(=O)C(F)(F)C(F)(F)C(F)(F)C(F)F)c(O)c1. The van der Waals surface area contributed by atoms with E-state index in [-0.39, 0.29) is 5.69 Å². The van der Waals surface area contributed by atoms with Crippen LogP contribution in [0.3, 0.4) is 0 Å². The number of aromatic hydroxyl groups is 1. The number of phenolic OH excluding ortho intramolecular Hbond substituents is 1. The molecule has 1 rings (SSSR count). The van der Waals surface area contributed by atoms with Gasteiger partial charge in [0.25, 0.3) is 0 Å². The third-order valence-corrected chi connectivity index (χ3v) is 2.64.